The largest absolute Gasteiger partial charge is 0.364 e. The minimum absolute atomic E-state index is 0.268. The second-order valence-corrected chi connectivity index (χ2v) is 3.18. The van der Waals surface area contributed by atoms with E-state index < -0.39 is 5.91 Å². The van der Waals surface area contributed by atoms with Crippen molar-refractivity contribution in [1.29, 1.82) is 0 Å². The van der Waals surface area contributed by atoms with Gasteiger partial charge in [0.25, 0.3) is 5.91 Å². The third-order valence-electron chi connectivity index (χ3n) is 2.28. The maximum atomic E-state index is 11.1. The lowest BCUT2D eigenvalue weighted by Gasteiger charge is -2.17. The van der Waals surface area contributed by atoms with Gasteiger partial charge in [-0.05, 0) is 13.1 Å². The van der Waals surface area contributed by atoms with Crippen LogP contribution in [0.2, 0.25) is 0 Å². The summed E-state index contributed by atoms with van der Waals surface area (Å²) in [6.07, 6.45) is 3.05. The van der Waals surface area contributed by atoms with Crippen LogP contribution >= 0.6 is 0 Å². The summed E-state index contributed by atoms with van der Waals surface area (Å²) in [5.41, 5.74) is 6.13. The summed E-state index contributed by atoms with van der Waals surface area (Å²) in [5.74, 6) is -0.523. The van der Waals surface area contributed by atoms with E-state index in [0.717, 1.165) is 13.1 Å². The number of primary amides is 1. The molecule has 1 aromatic rings. The first-order valence-corrected chi connectivity index (χ1v) is 5.01. The zero-order chi connectivity index (χ0) is 11.3. The van der Waals surface area contributed by atoms with Gasteiger partial charge in [0.15, 0.2) is 5.69 Å². The summed E-state index contributed by atoms with van der Waals surface area (Å²) < 4.78 is 0. The zero-order valence-corrected chi connectivity index (χ0v) is 9.10. The van der Waals surface area contributed by atoms with Crippen molar-refractivity contribution < 1.29 is 4.79 Å². The van der Waals surface area contributed by atoms with Crippen LogP contribution < -0.4 is 5.73 Å². The molecule has 0 aliphatic rings. The lowest BCUT2D eigenvalue weighted by molar-refractivity contribution is 0.0992. The molecule has 2 N–H and O–H groups in total. The van der Waals surface area contributed by atoms with Gasteiger partial charge < -0.3 is 5.73 Å². The molecule has 0 atom stereocenters. The smallest absolute Gasteiger partial charge is 0.269 e. The Hall–Kier alpha value is -1.49. The number of rotatable bonds is 5. The average molecular weight is 208 g/mol. The predicted octanol–water partition coefficient (Wildman–Crippen LogP) is 0.417. The Morgan fingerprint density at radius 2 is 1.93 bits per heavy atom. The Balaban J connectivity index is 2.88. The topological polar surface area (TPSA) is 72.1 Å². The Labute approximate surface area is 89.3 Å². The standard InChI is InChI=1S/C10H16N4O/c1-3-14(4-2)7-8-9(10(11)15)13-6-5-12-8/h5-6H,3-4,7H2,1-2H3,(H2,11,15). The second kappa shape index (κ2) is 5.41. The number of nitrogens with zero attached hydrogens (tertiary/aromatic N) is 3. The Bertz CT molecular complexity index is 336. The molecule has 0 aromatic carbocycles. The lowest BCUT2D eigenvalue weighted by atomic mass is 10.2. The maximum absolute atomic E-state index is 11.1. The average Bonchev–Trinajstić information content (AvgIpc) is 2.26. The second-order valence-electron chi connectivity index (χ2n) is 3.18. The minimum atomic E-state index is -0.523. The van der Waals surface area contributed by atoms with Gasteiger partial charge in [0.05, 0.1) is 5.69 Å². The molecule has 82 valence electrons. The zero-order valence-electron chi connectivity index (χ0n) is 9.10. The van der Waals surface area contributed by atoms with Gasteiger partial charge >= 0.3 is 0 Å². The van der Waals surface area contributed by atoms with E-state index in [9.17, 15) is 4.79 Å². The molecule has 0 aliphatic heterocycles. The molecule has 0 spiro atoms. The lowest BCUT2D eigenvalue weighted by Crippen LogP contribution is -2.26. The fourth-order valence-corrected chi connectivity index (χ4v) is 1.35. The SMILES string of the molecule is CCN(CC)Cc1nccnc1C(N)=O. The van der Waals surface area contributed by atoms with E-state index in [0.29, 0.717) is 12.2 Å². The highest BCUT2D eigenvalue weighted by Gasteiger charge is 2.12. The quantitative estimate of drug-likeness (QED) is 0.761. The summed E-state index contributed by atoms with van der Waals surface area (Å²) in [6, 6.07) is 0. The first-order chi connectivity index (χ1) is 7.19. The molecule has 0 aliphatic carbocycles. The molecular formula is C10H16N4O. The Kier molecular flexibility index (Phi) is 4.17. The maximum Gasteiger partial charge on any atom is 0.269 e. The first-order valence-electron chi connectivity index (χ1n) is 5.01. The summed E-state index contributed by atoms with van der Waals surface area (Å²) in [4.78, 5) is 21.3. The van der Waals surface area contributed by atoms with E-state index >= 15 is 0 Å². The summed E-state index contributed by atoms with van der Waals surface area (Å²) >= 11 is 0. The third-order valence-corrected chi connectivity index (χ3v) is 2.28. The highest BCUT2D eigenvalue weighted by atomic mass is 16.1. The molecule has 1 aromatic heterocycles. The molecule has 0 saturated heterocycles. The number of hydrogen-bond acceptors (Lipinski definition) is 4. The molecule has 0 radical (unpaired) electrons. The van der Waals surface area contributed by atoms with E-state index in [4.69, 9.17) is 5.73 Å². The van der Waals surface area contributed by atoms with Crippen LogP contribution in [-0.2, 0) is 6.54 Å². The summed E-state index contributed by atoms with van der Waals surface area (Å²) in [5, 5.41) is 0. The number of carbonyl (C=O) groups excluding carboxylic acids is 1. The molecule has 0 saturated carbocycles. The van der Waals surface area contributed by atoms with Crippen LogP contribution in [0, 0.1) is 0 Å². The minimum Gasteiger partial charge on any atom is -0.364 e. The molecular weight excluding hydrogens is 192 g/mol. The monoisotopic (exact) mass is 208 g/mol. The fourth-order valence-electron chi connectivity index (χ4n) is 1.35. The van der Waals surface area contributed by atoms with Gasteiger partial charge in [-0.1, -0.05) is 13.8 Å². The van der Waals surface area contributed by atoms with Crippen molar-refractivity contribution in [3.05, 3.63) is 23.8 Å². The molecule has 0 bridgehead atoms. The van der Waals surface area contributed by atoms with Crippen molar-refractivity contribution in [2.75, 3.05) is 13.1 Å². The molecule has 15 heavy (non-hydrogen) atoms. The van der Waals surface area contributed by atoms with E-state index in [1.54, 1.807) is 6.20 Å². The number of hydrogen-bond donors (Lipinski definition) is 1. The van der Waals surface area contributed by atoms with Crippen molar-refractivity contribution in [3.8, 4) is 0 Å². The van der Waals surface area contributed by atoms with E-state index in [1.807, 2.05) is 0 Å². The molecule has 0 fully saturated rings. The van der Waals surface area contributed by atoms with Crippen LogP contribution in [0.1, 0.15) is 30.0 Å². The van der Waals surface area contributed by atoms with Crippen LogP contribution in [0.4, 0.5) is 0 Å². The summed E-state index contributed by atoms with van der Waals surface area (Å²) in [7, 11) is 0. The summed E-state index contributed by atoms with van der Waals surface area (Å²) in [6.45, 7) is 6.54. The van der Waals surface area contributed by atoms with Gasteiger partial charge in [-0.15, -0.1) is 0 Å². The van der Waals surface area contributed by atoms with Crippen LogP contribution in [0.5, 0.6) is 0 Å². The highest BCUT2D eigenvalue weighted by molar-refractivity contribution is 5.91. The van der Waals surface area contributed by atoms with Crippen LogP contribution in [-0.4, -0.2) is 33.9 Å². The molecule has 1 amide bonds. The number of aromatic nitrogens is 2. The first kappa shape index (κ1) is 11.6. The molecule has 5 heteroatoms. The molecule has 0 unspecified atom stereocenters. The van der Waals surface area contributed by atoms with Gasteiger partial charge in [-0.2, -0.15) is 0 Å². The molecule has 5 nitrogen and oxygen atoms in total. The van der Waals surface area contributed by atoms with Gasteiger partial charge in [-0.3, -0.25) is 14.7 Å². The van der Waals surface area contributed by atoms with E-state index in [2.05, 4.69) is 28.7 Å². The van der Waals surface area contributed by atoms with Crippen LogP contribution in [0.25, 0.3) is 0 Å². The van der Waals surface area contributed by atoms with E-state index in [-0.39, 0.29) is 5.69 Å². The van der Waals surface area contributed by atoms with Crippen LogP contribution in [0.15, 0.2) is 12.4 Å². The van der Waals surface area contributed by atoms with Crippen molar-refractivity contribution >= 4 is 5.91 Å². The van der Waals surface area contributed by atoms with Gasteiger partial charge in [0.2, 0.25) is 0 Å². The number of nitrogens with two attached hydrogens (primary N) is 1. The van der Waals surface area contributed by atoms with Crippen molar-refractivity contribution in [1.82, 2.24) is 14.9 Å². The van der Waals surface area contributed by atoms with Gasteiger partial charge in [0.1, 0.15) is 0 Å². The number of amides is 1. The predicted molar refractivity (Wildman–Crippen MR) is 57.2 cm³/mol. The van der Waals surface area contributed by atoms with Gasteiger partial charge in [0, 0.05) is 18.9 Å². The van der Waals surface area contributed by atoms with E-state index in [1.165, 1.54) is 6.20 Å². The van der Waals surface area contributed by atoms with Gasteiger partial charge in [-0.25, -0.2) is 4.98 Å². The third kappa shape index (κ3) is 2.99. The van der Waals surface area contributed by atoms with Crippen molar-refractivity contribution in [2.45, 2.75) is 20.4 Å². The highest BCUT2D eigenvalue weighted by Crippen LogP contribution is 2.04. The van der Waals surface area contributed by atoms with Crippen LogP contribution in [0.3, 0.4) is 0 Å². The Morgan fingerprint density at radius 3 is 2.47 bits per heavy atom. The fraction of sp³-hybridized carbons (Fsp3) is 0.500. The molecule has 1 rings (SSSR count). The molecule has 1 heterocycles. The van der Waals surface area contributed by atoms with Crippen molar-refractivity contribution in [3.63, 3.8) is 0 Å². The Morgan fingerprint density at radius 1 is 1.33 bits per heavy atom. The van der Waals surface area contributed by atoms with Crippen molar-refractivity contribution in [2.24, 2.45) is 5.73 Å². The number of carbonyl (C=O) groups is 1. The normalized spacial score (nSPS) is 10.6.